The van der Waals surface area contributed by atoms with Gasteiger partial charge in [-0.3, -0.25) is 19.2 Å². The highest BCUT2D eigenvalue weighted by Gasteiger charge is 2.65. The third-order valence-electron chi connectivity index (χ3n) is 5.96. The highest BCUT2D eigenvalue weighted by molar-refractivity contribution is 6.24. The van der Waals surface area contributed by atoms with E-state index in [1.807, 2.05) is 19.1 Å². The number of rotatable bonds is 5. The van der Waals surface area contributed by atoms with Crippen LogP contribution in [0.3, 0.4) is 0 Å². The highest BCUT2D eigenvalue weighted by Crippen LogP contribution is 2.50. The summed E-state index contributed by atoms with van der Waals surface area (Å²) in [4.78, 5) is 54.8. The van der Waals surface area contributed by atoms with E-state index in [4.69, 9.17) is 10.5 Å². The molecule has 2 aliphatic heterocycles. The number of likely N-dealkylation sites (tertiary alicyclic amines) is 1. The number of carbonyl (C=O) groups is 4. The monoisotopic (exact) mass is 421 g/mol. The van der Waals surface area contributed by atoms with Crippen LogP contribution in [0.2, 0.25) is 0 Å². The fourth-order valence-electron chi connectivity index (χ4n) is 4.68. The Kier molecular flexibility index (Phi) is 5.32. The van der Waals surface area contributed by atoms with Crippen LogP contribution in [0.4, 0.5) is 5.69 Å². The number of nitrogens with two attached hydrogens (primary N) is 1. The molecule has 2 N–H and O–H groups in total. The molecule has 2 fully saturated rings. The van der Waals surface area contributed by atoms with Gasteiger partial charge < -0.3 is 15.4 Å². The van der Waals surface area contributed by atoms with Crippen molar-refractivity contribution in [3.63, 3.8) is 0 Å². The number of hydrogen-bond donors (Lipinski definition) is 1. The van der Waals surface area contributed by atoms with Crippen LogP contribution in [-0.2, 0) is 23.9 Å². The SMILES string of the molecule is COCC(=O)N1C(C(N)=O)C2C(=O)N(c3ccccc3)C(=O)C2C1c1ccc(C)cc1. The predicted molar refractivity (Wildman–Crippen MR) is 112 cm³/mol. The Labute approximate surface area is 179 Å². The van der Waals surface area contributed by atoms with Crippen molar-refractivity contribution in [2.75, 3.05) is 18.6 Å². The van der Waals surface area contributed by atoms with Crippen molar-refractivity contribution in [3.8, 4) is 0 Å². The summed E-state index contributed by atoms with van der Waals surface area (Å²) in [5, 5.41) is 0. The van der Waals surface area contributed by atoms with E-state index < -0.39 is 47.5 Å². The third-order valence-corrected chi connectivity index (χ3v) is 5.96. The van der Waals surface area contributed by atoms with Crippen molar-refractivity contribution in [2.45, 2.75) is 19.0 Å². The van der Waals surface area contributed by atoms with E-state index in [1.54, 1.807) is 42.5 Å². The number of methoxy groups -OCH3 is 1. The number of aryl methyl sites for hydroxylation is 1. The summed E-state index contributed by atoms with van der Waals surface area (Å²) in [7, 11) is 1.36. The molecule has 8 heteroatoms. The van der Waals surface area contributed by atoms with E-state index in [9.17, 15) is 19.2 Å². The normalized spacial score (nSPS) is 25.1. The summed E-state index contributed by atoms with van der Waals surface area (Å²) in [5.41, 5.74) is 7.76. The number of anilines is 1. The minimum Gasteiger partial charge on any atom is -0.375 e. The zero-order chi connectivity index (χ0) is 22.3. The van der Waals surface area contributed by atoms with Crippen LogP contribution >= 0.6 is 0 Å². The lowest BCUT2D eigenvalue weighted by molar-refractivity contribution is -0.144. The van der Waals surface area contributed by atoms with Gasteiger partial charge in [0, 0.05) is 7.11 Å². The van der Waals surface area contributed by atoms with Crippen molar-refractivity contribution in [1.82, 2.24) is 4.90 Å². The molecule has 4 unspecified atom stereocenters. The molecule has 2 heterocycles. The summed E-state index contributed by atoms with van der Waals surface area (Å²) >= 11 is 0. The quantitative estimate of drug-likeness (QED) is 0.729. The van der Waals surface area contributed by atoms with Gasteiger partial charge in [0.1, 0.15) is 12.6 Å². The summed E-state index contributed by atoms with van der Waals surface area (Å²) in [6.45, 7) is 1.62. The molecule has 0 radical (unpaired) electrons. The maximum Gasteiger partial charge on any atom is 0.249 e. The summed E-state index contributed by atoms with van der Waals surface area (Å²) in [6, 6.07) is 13.8. The van der Waals surface area contributed by atoms with Crippen LogP contribution in [0.1, 0.15) is 17.2 Å². The number of imide groups is 1. The van der Waals surface area contributed by atoms with Gasteiger partial charge in [0.05, 0.1) is 23.6 Å². The number of hydrogen-bond acceptors (Lipinski definition) is 5. The number of carbonyl (C=O) groups excluding carboxylic acids is 4. The van der Waals surface area contributed by atoms with Crippen LogP contribution in [0.5, 0.6) is 0 Å². The van der Waals surface area contributed by atoms with Gasteiger partial charge in [-0.15, -0.1) is 0 Å². The lowest BCUT2D eigenvalue weighted by Crippen LogP contribution is -2.51. The average molecular weight is 421 g/mol. The molecule has 2 saturated heterocycles. The largest absolute Gasteiger partial charge is 0.375 e. The molecule has 2 aliphatic rings. The smallest absolute Gasteiger partial charge is 0.249 e. The van der Waals surface area contributed by atoms with Gasteiger partial charge in [-0.2, -0.15) is 0 Å². The van der Waals surface area contributed by atoms with Gasteiger partial charge in [0.15, 0.2) is 0 Å². The van der Waals surface area contributed by atoms with Gasteiger partial charge in [-0.1, -0.05) is 48.0 Å². The molecule has 0 spiro atoms. The molecule has 2 aromatic carbocycles. The van der Waals surface area contributed by atoms with Crippen LogP contribution in [0.15, 0.2) is 54.6 Å². The van der Waals surface area contributed by atoms with Crippen molar-refractivity contribution in [3.05, 3.63) is 65.7 Å². The molecule has 31 heavy (non-hydrogen) atoms. The zero-order valence-corrected chi connectivity index (χ0v) is 17.2. The second-order valence-electron chi connectivity index (χ2n) is 7.84. The van der Waals surface area contributed by atoms with Gasteiger partial charge >= 0.3 is 0 Å². The predicted octanol–water partition coefficient (Wildman–Crippen LogP) is 1.18. The molecule has 4 amide bonds. The molecule has 0 aromatic heterocycles. The average Bonchev–Trinajstić information content (AvgIpc) is 3.23. The van der Waals surface area contributed by atoms with Crippen LogP contribution in [-0.4, -0.2) is 48.3 Å². The van der Waals surface area contributed by atoms with Gasteiger partial charge in [-0.25, -0.2) is 4.90 Å². The number of primary amides is 1. The minimum absolute atomic E-state index is 0.295. The maximum atomic E-state index is 13.5. The van der Waals surface area contributed by atoms with E-state index in [2.05, 4.69) is 0 Å². The second kappa shape index (κ2) is 7.96. The minimum atomic E-state index is -1.25. The number of fused-ring (bicyclic) bond motifs is 1. The van der Waals surface area contributed by atoms with E-state index in [-0.39, 0.29) is 6.61 Å². The molecular formula is C23H23N3O5. The number of nitrogens with zero attached hydrogens (tertiary/aromatic N) is 2. The molecule has 0 saturated carbocycles. The Morgan fingerprint density at radius 1 is 0.968 bits per heavy atom. The summed E-state index contributed by atoms with van der Waals surface area (Å²) < 4.78 is 4.99. The van der Waals surface area contributed by atoms with Crippen molar-refractivity contribution in [1.29, 1.82) is 0 Å². The third kappa shape index (κ3) is 3.29. The topological polar surface area (TPSA) is 110 Å². The van der Waals surface area contributed by atoms with Crippen molar-refractivity contribution < 1.29 is 23.9 Å². The van der Waals surface area contributed by atoms with Crippen LogP contribution in [0, 0.1) is 18.8 Å². The first-order valence-corrected chi connectivity index (χ1v) is 9.95. The van der Waals surface area contributed by atoms with E-state index in [0.29, 0.717) is 11.3 Å². The molecule has 4 atom stereocenters. The van der Waals surface area contributed by atoms with Crippen molar-refractivity contribution in [2.24, 2.45) is 17.6 Å². The van der Waals surface area contributed by atoms with Crippen molar-refractivity contribution >= 4 is 29.3 Å². The summed E-state index contributed by atoms with van der Waals surface area (Å²) in [6.07, 6.45) is 0. The molecule has 0 aliphatic carbocycles. The van der Waals surface area contributed by atoms with E-state index >= 15 is 0 Å². The Hall–Kier alpha value is -3.52. The molecular weight excluding hydrogens is 398 g/mol. The number of ether oxygens (including phenoxy) is 1. The Morgan fingerprint density at radius 2 is 1.58 bits per heavy atom. The molecule has 160 valence electrons. The highest BCUT2D eigenvalue weighted by atomic mass is 16.5. The number of amides is 4. The summed E-state index contributed by atoms with van der Waals surface area (Å²) in [5.74, 6) is -4.30. The van der Waals surface area contributed by atoms with E-state index in [0.717, 1.165) is 10.5 Å². The first-order valence-electron chi connectivity index (χ1n) is 9.95. The fourth-order valence-corrected chi connectivity index (χ4v) is 4.68. The Morgan fingerprint density at radius 3 is 2.16 bits per heavy atom. The van der Waals surface area contributed by atoms with Gasteiger partial charge in [-0.05, 0) is 24.6 Å². The maximum absolute atomic E-state index is 13.5. The zero-order valence-electron chi connectivity index (χ0n) is 17.2. The fraction of sp³-hybridized carbons (Fsp3) is 0.304. The van der Waals surface area contributed by atoms with Crippen LogP contribution in [0.25, 0.3) is 0 Å². The molecule has 4 rings (SSSR count). The number of benzene rings is 2. The van der Waals surface area contributed by atoms with Gasteiger partial charge in [0.25, 0.3) is 0 Å². The van der Waals surface area contributed by atoms with Gasteiger partial charge in [0.2, 0.25) is 23.6 Å². The second-order valence-corrected chi connectivity index (χ2v) is 7.84. The number of para-hydroxylation sites is 1. The standard InChI is InChI=1S/C23H23N3O5/c1-13-8-10-14(11-9-13)19-17-18(20(21(24)28)26(19)16(27)12-31-2)23(30)25(22(17)29)15-6-4-3-5-7-15/h3-11,17-20H,12H2,1-2H3,(H2,24,28). The molecule has 8 nitrogen and oxygen atoms in total. The van der Waals surface area contributed by atoms with E-state index in [1.165, 1.54) is 12.0 Å². The first-order chi connectivity index (χ1) is 14.9. The molecule has 0 bridgehead atoms. The first kappa shape index (κ1) is 20.7. The lowest BCUT2D eigenvalue weighted by Gasteiger charge is -2.32. The Bertz CT molecular complexity index is 1040. The lowest BCUT2D eigenvalue weighted by atomic mass is 9.86. The van der Waals surface area contributed by atoms with Crippen LogP contribution < -0.4 is 10.6 Å². The molecule has 2 aromatic rings. The Balaban J connectivity index is 1.87.